The van der Waals surface area contributed by atoms with Crippen LogP contribution in [-0.2, 0) is 11.3 Å². The molecule has 0 spiro atoms. The molecule has 0 saturated carbocycles. The molecular weight excluding hydrogens is 326 g/mol. The smallest absolute Gasteiger partial charge is 0.227 e. The molecule has 3 aliphatic heterocycles. The van der Waals surface area contributed by atoms with Crippen LogP contribution >= 0.6 is 0 Å². The lowest BCUT2D eigenvalue weighted by atomic mass is 9.91. The van der Waals surface area contributed by atoms with E-state index in [1.165, 1.54) is 18.4 Å². The highest BCUT2D eigenvalue weighted by Crippen LogP contribution is 2.26. The molecule has 6 heteroatoms. The summed E-state index contributed by atoms with van der Waals surface area (Å²) in [4.78, 5) is 23.8. The van der Waals surface area contributed by atoms with Gasteiger partial charge < -0.3 is 10.6 Å². The molecule has 3 aliphatic rings. The van der Waals surface area contributed by atoms with Crippen molar-refractivity contribution in [3.63, 3.8) is 0 Å². The van der Waals surface area contributed by atoms with E-state index in [0.29, 0.717) is 11.9 Å². The normalized spacial score (nSPS) is 26.7. The predicted octanol–water partition coefficient (Wildman–Crippen LogP) is 0.928. The number of nitrogens with zero attached hydrogens (tertiary/aromatic N) is 4. The van der Waals surface area contributed by atoms with E-state index < -0.39 is 0 Å². The Kier molecular flexibility index (Phi) is 5.52. The molecule has 1 aromatic heterocycles. The lowest BCUT2D eigenvalue weighted by Gasteiger charge is -2.44. The van der Waals surface area contributed by atoms with Gasteiger partial charge in [0.1, 0.15) is 0 Å². The Hall–Kier alpha value is -1.50. The number of amides is 1. The van der Waals surface area contributed by atoms with Gasteiger partial charge in [0.15, 0.2) is 0 Å². The molecule has 0 radical (unpaired) electrons. The van der Waals surface area contributed by atoms with Crippen LogP contribution < -0.4 is 5.73 Å². The van der Waals surface area contributed by atoms with Gasteiger partial charge >= 0.3 is 0 Å². The van der Waals surface area contributed by atoms with Crippen LogP contribution in [0.1, 0.15) is 31.2 Å². The fraction of sp³-hybridized carbons (Fsp3) is 0.700. The van der Waals surface area contributed by atoms with Crippen LogP contribution in [0.2, 0.25) is 0 Å². The maximum absolute atomic E-state index is 12.6. The Labute approximate surface area is 156 Å². The minimum Gasteiger partial charge on any atom is -0.339 e. The third kappa shape index (κ3) is 4.08. The van der Waals surface area contributed by atoms with Gasteiger partial charge in [-0.05, 0) is 63.0 Å². The van der Waals surface area contributed by atoms with Crippen molar-refractivity contribution in [2.24, 2.45) is 11.7 Å². The molecule has 4 heterocycles. The van der Waals surface area contributed by atoms with Crippen LogP contribution in [0.25, 0.3) is 0 Å². The molecule has 3 saturated heterocycles. The molecule has 26 heavy (non-hydrogen) atoms. The third-order valence-electron chi connectivity index (χ3n) is 6.25. The van der Waals surface area contributed by atoms with E-state index in [1.54, 1.807) is 0 Å². The number of piperidine rings is 2. The van der Waals surface area contributed by atoms with E-state index in [-0.39, 0.29) is 12.0 Å². The summed E-state index contributed by atoms with van der Waals surface area (Å²) in [5.74, 6) is 0.526. The zero-order chi connectivity index (χ0) is 17.9. The summed E-state index contributed by atoms with van der Waals surface area (Å²) in [6, 6.07) is 5.05. The first-order valence-electron chi connectivity index (χ1n) is 10.1. The van der Waals surface area contributed by atoms with E-state index in [0.717, 1.165) is 58.7 Å². The van der Waals surface area contributed by atoms with E-state index in [4.69, 9.17) is 5.73 Å². The SMILES string of the molecule is NC1CN(C(=O)[C@H]2CCCN(C3CCN(Cc4ccncc4)CC3)C2)C1. The van der Waals surface area contributed by atoms with Gasteiger partial charge in [-0.2, -0.15) is 0 Å². The molecule has 1 aromatic rings. The Bertz CT molecular complexity index is 595. The second kappa shape index (κ2) is 8.03. The molecule has 142 valence electrons. The first-order valence-corrected chi connectivity index (χ1v) is 10.1. The second-order valence-corrected chi connectivity index (χ2v) is 8.20. The van der Waals surface area contributed by atoms with Gasteiger partial charge in [0, 0.05) is 50.7 Å². The zero-order valence-electron chi connectivity index (χ0n) is 15.6. The van der Waals surface area contributed by atoms with Crippen molar-refractivity contribution < 1.29 is 4.79 Å². The molecule has 2 N–H and O–H groups in total. The van der Waals surface area contributed by atoms with Gasteiger partial charge in [-0.3, -0.25) is 19.6 Å². The molecule has 3 fully saturated rings. The van der Waals surface area contributed by atoms with E-state index >= 15 is 0 Å². The summed E-state index contributed by atoms with van der Waals surface area (Å²) in [5.41, 5.74) is 7.18. The highest BCUT2D eigenvalue weighted by atomic mass is 16.2. The standard InChI is InChI=1S/C20H31N5O/c21-18-14-25(15-18)20(26)17-2-1-9-24(13-17)19-5-10-23(11-6-19)12-16-3-7-22-8-4-16/h3-4,7-8,17-19H,1-2,5-6,9-15,21H2/t17-/m0/s1. The summed E-state index contributed by atoms with van der Waals surface area (Å²) in [7, 11) is 0. The zero-order valence-corrected chi connectivity index (χ0v) is 15.6. The number of hydrogen-bond acceptors (Lipinski definition) is 5. The molecule has 1 amide bonds. The van der Waals surface area contributed by atoms with Crippen LogP contribution in [-0.4, -0.2) is 76.9 Å². The molecular formula is C20H31N5O. The molecule has 6 nitrogen and oxygen atoms in total. The van der Waals surface area contributed by atoms with Crippen molar-refractivity contribution in [1.82, 2.24) is 19.7 Å². The van der Waals surface area contributed by atoms with Crippen LogP contribution in [0.5, 0.6) is 0 Å². The van der Waals surface area contributed by atoms with Crippen molar-refractivity contribution in [3.8, 4) is 0 Å². The summed E-state index contributed by atoms with van der Waals surface area (Å²) in [6.07, 6.45) is 8.35. The second-order valence-electron chi connectivity index (χ2n) is 8.20. The van der Waals surface area contributed by atoms with Gasteiger partial charge in [0.2, 0.25) is 5.91 Å². The van der Waals surface area contributed by atoms with Gasteiger partial charge in [0.25, 0.3) is 0 Å². The number of carbonyl (C=O) groups excluding carboxylic acids is 1. The number of pyridine rings is 1. The van der Waals surface area contributed by atoms with Crippen molar-refractivity contribution in [1.29, 1.82) is 0 Å². The predicted molar refractivity (Wildman–Crippen MR) is 101 cm³/mol. The van der Waals surface area contributed by atoms with Crippen LogP contribution in [0, 0.1) is 5.92 Å². The number of carbonyl (C=O) groups is 1. The van der Waals surface area contributed by atoms with Gasteiger partial charge in [-0.15, -0.1) is 0 Å². The summed E-state index contributed by atoms with van der Waals surface area (Å²) >= 11 is 0. The largest absolute Gasteiger partial charge is 0.339 e. The van der Waals surface area contributed by atoms with Crippen LogP contribution in [0.3, 0.4) is 0 Å². The summed E-state index contributed by atoms with van der Waals surface area (Å²) in [6.45, 7) is 6.90. The first-order chi connectivity index (χ1) is 12.7. The number of aromatic nitrogens is 1. The molecule has 1 atom stereocenters. The molecule has 0 unspecified atom stereocenters. The van der Waals surface area contributed by atoms with Crippen LogP contribution in [0.15, 0.2) is 24.5 Å². The Morgan fingerprint density at radius 1 is 1.08 bits per heavy atom. The third-order valence-corrected chi connectivity index (χ3v) is 6.25. The minimum absolute atomic E-state index is 0.186. The topological polar surface area (TPSA) is 65.7 Å². The van der Waals surface area contributed by atoms with Crippen molar-refractivity contribution in [2.75, 3.05) is 39.3 Å². The minimum atomic E-state index is 0.186. The number of nitrogens with two attached hydrogens (primary N) is 1. The lowest BCUT2D eigenvalue weighted by Crippen LogP contribution is -2.60. The van der Waals surface area contributed by atoms with Crippen molar-refractivity contribution >= 4 is 5.91 Å². The monoisotopic (exact) mass is 357 g/mol. The average molecular weight is 358 g/mol. The van der Waals surface area contributed by atoms with E-state index in [1.807, 2.05) is 17.3 Å². The first kappa shape index (κ1) is 17.9. The number of rotatable bonds is 4. The van der Waals surface area contributed by atoms with E-state index in [9.17, 15) is 4.79 Å². The summed E-state index contributed by atoms with van der Waals surface area (Å²) in [5, 5.41) is 0. The Morgan fingerprint density at radius 2 is 1.81 bits per heavy atom. The highest BCUT2D eigenvalue weighted by molar-refractivity contribution is 5.80. The fourth-order valence-corrected chi connectivity index (χ4v) is 4.68. The van der Waals surface area contributed by atoms with Gasteiger partial charge in [-0.25, -0.2) is 0 Å². The van der Waals surface area contributed by atoms with Gasteiger partial charge in [0.05, 0.1) is 5.92 Å². The number of hydrogen-bond donors (Lipinski definition) is 1. The van der Waals surface area contributed by atoms with E-state index in [2.05, 4.69) is 26.9 Å². The van der Waals surface area contributed by atoms with Gasteiger partial charge in [-0.1, -0.05) is 0 Å². The molecule has 0 aliphatic carbocycles. The molecule has 0 aromatic carbocycles. The Balaban J connectivity index is 1.25. The highest BCUT2D eigenvalue weighted by Gasteiger charge is 2.36. The lowest BCUT2D eigenvalue weighted by molar-refractivity contribution is -0.142. The molecule has 4 rings (SSSR count). The summed E-state index contributed by atoms with van der Waals surface area (Å²) < 4.78 is 0. The maximum Gasteiger partial charge on any atom is 0.227 e. The van der Waals surface area contributed by atoms with Crippen molar-refractivity contribution in [2.45, 2.75) is 44.3 Å². The quantitative estimate of drug-likeness (QED) is 0.868. The average Bonchev–Trinajstić information content (AvgIpc) is 2.66. The van der Waals surface area contributed by atoms with Crippen molar-refractivity contribution in [3.05, 3.63) is 30.1 Å². The van der Waals surface area contributed by atoms with Crippen LogP contribution in [0.4, 0.5) is 0 Å². The molecule has 0 bridgehead atoms. The number of likely N-dealkylation sites (tertiary alicyclic amines) is 3. The maximum atomic E-state index is 12.6. The fourth-order valence-electron chi connectivity index (χ4n) is 4.68. The Morgan fingerprint density at radius 3 is 2.50 bits per heavy atom.